The fraction of sp³-hybridized carbons (Fsp3) is 0.357. The van der Waals surface area contributed by atoms with Crippen molar-refractivity contribution in [2.75, 3.05) is 23.8 Å². The van der Waals surface area contributed by atoms with Gasteiger partial charge in [-0.2, -0.15) is 10.1 Å². The van der Waals surface area contributed by atoms with E-state index in [1.165, 1.54) is 6.20 Å². The van der Waals surface area contributed by atoms with Crippen LogP contribution in [0.4, 0.5) is 17.5 Å². The minimum atomic E-state index is 0.211. The number of benzene rings is 1. The number of hydrogen-bond acceptors (Lipinski definition) is 6. The lowest BCUT2D eigenvalue weighted by Gasteiger charge is -2.11. The van der Waals surface area contributed by atoms with Crippen LogP contribution in [-0.4, -0.2) is 34.4 Å². The van der Waals surface area contributed by atoms with Crippen molar-refractivity contribution in [1.82, 2.24) is 15.2 Å². The summed E-state index contributed by atoms with van der Waals surface area (Å²) < 4.78 is 5.54. The Balaban J connectivity index is 1.66. The van der Waals surface area contributed by atoms with Crippen molar-refractivity contribution in [3.05, 3.63) is 34.4 Å². The van der Waals surface area contributed by atoms with Gasteiger partial charge in [0.2, 0.25) is 5.95 Å². The second-order valence-corrected chi connectivity index (χ2v) is 5.77. The number of rotatable bonds is 5. The second kappa shape index (κ2) is 7.09. The van der Waals surface area contributed by atoms with Crippen LogP contribution in [0.1, 0.15) is 12.8 Å². The summed E-state index contributed by atoms with van der Waals surface area (Å²) in [4.78, 5) is 4.35. The Bertz CT molecular complexity index is 649. The van der Waals surface area contributed by atoms with Crippen LogP contribution in [0.5, 0.6) is 0 Å². The van der Waals surface area contributed by atoms with Gasteiger partial charge in [0, 0.05) is 18.2 Å². The van der Waals surface area contributed by atoms with Crippen LogP contribution in [0.3, 0.4) is 0 Å². The van der Waals surface area contributed by atoms with E-state index in [1.54, 1.807) is 18.2 Å². The molecule has 8 heteroatoms. The normalized spacial score (nSPS) is 17.5. The summed E-state index contributed by atoms with van der Waals surface area (Å²) in [7, 11) is 0. The molecule has 0 aliphatic carbocycles. The van der Waals surface area contributed by atoms with Gasteiger partial charge in [-0.05, 0) is 31.0 Å². The number of halogens is 2. The molecule has 2 aromatic rings. The molecule has 1 unspecified atom stereocenters. The number of hydrogen-bond donors (Lipinski definition) is 2. The summed E-state index contributed by atoms with van der Waals surface area (Å²) in [6.45, 7) is 1.49. The SMILES string of the molecule is Clc1ccc(Cl)c(Nc2cnnc(NCC3CCCO3)n2)c1. The maximum Gasteiger partial charge on any atom is 0.244 e. The van der Waals surface area contributed by atoms with Gasteiger partial charge in [-0.3, -0.25) is 0 Å². The van der Waals surface area contributed by atoms with Crippen LogP contribution in [0.25, 0.3) is 0 Å². The molecule has 2 heterocycles. The number of nitrogens with one attached hydrogen (secondary N) is 2. The zero-order valence-corrected chi connectivity index (χ0v) is 13.2. The van der Waals surface area contributed by atoms with E-state index in [2.05, 4.69) is 25.8 Å². The van der Waals surface area contributed by atoms with E-state index in [1.807, 2.05) is 0 Å². The Morgan fingerprint density at radius 2 is 2.23 bits per heavy atom. The Hall–Kier alpha value is -1.63. The summed E-state index contributed by atoms with van der Waals surface area (Å²) >= 11 is 12.1. The number of ether oxygens (including phenoxy) is 1. The fourth-order valence-corrected chi connectivity index (χ4v) is 2.52. The third kappa shape index (κ3) is 3.97. The first-order valence-electron chi connectivity index (χ1n) is 6.98. The average molecular weight is 340 g/mol. The summed E-state index contributed by atoms with van der Waals surface area (Å²) in [5.74, 6) is 0.979. The topological polar surface area (TPSA) is 72.0 Å². The first kappa shape index (κ1) is 15.3. The summed E-state index contributed by atoms with van der Waals surface area (Å²) in [6, 6.07) is 5.17. The Morgan fingerprint density at radius 1 is 1.32 bits per heavy atom. The molecular weight excluding hydrogens is 325 g/mol. The zero-order valence-electron chi connectivity index (χ0n) is 11.7. The fourth-order valence-electron chi connectivity index (χ4n) is 2.18. The highest BCUT2D eigenvalue weighted by molar-refractivity contribution is 6.35. The summed E-state index contributed by atoms with van der Waals surface area (Å²) in [5, 5.41) is 15.2. The lowest BCUT2D eigenvalue weighted by Crippen LogP contribution is -2.20. The van der Waals surface area contributed by atoms with E-state index >= 15 is 0 Å². The largest absolute Gasteiger partial charge is 0.376 e. The van der Waals surface area contributed by atoms with Crippen LogP contribution in [0, 0.1) is 0 Å². The van der Waals surface area contributed by atoms with Crippen molar-refractivity contribution in [2.24, 2.45) is 0 Å². The molecule has 1 aromatic heterocycles. The predicted molar refractivity (Wildman–Crippen MR) is 87.0 cm³/mol. The molecule has 0 radical (unpaired) electrons. The van der Waals surface area contributed by atoms with Gasteiger partial charge in [-0.25, -0.2) is 0 Å². The van der Waals surface area contributed by atoms with Crippen molar-refractivity contribution in [3.8, 4) is 0 Å². The minimum absolute atomic E-state index is 0.211. The van der Waals surface area contributed by atoms with Crippen molar-refractivity contribution in [2.45, 2.75) is 18.9 Å². The lowest BCUT2D eigenvalue weighted by molar-refractivity contribution is 0.120. The maximum absolute atomic E-state index is 6.12. The van der Waals surface area contributed by atoms with E-state index < -0.39 is 0 Å². The van der Waals surface area contributed by atoms with Crippen molar-refractivity contribution < 1.29 is 4.74 Å². The highest BCUT2D eigenvalue weighted by Gasteiger charge is 2.15. The van der Waals surface area contributed by atoms with Gasteiger partial charge < -0.3 is 15.4 Å². The van der Waals surface area contributed by atoms with E-state index in [9.17, 15) is 0 Å². The first-order valence-corrected chi connectivity index (χ1v) is 7.73. The predicted octanol–water partition coefficient (Wildman–Crippen LogP) is 3.51. The highest BCUT2D eigenvalue weighted by atomic mass is 35.5. The molecule has 3 rings (SSSR count). The van der Waals surface area contributed by atoms with Gasteiger partial charge in [0.25, 0.3) is 0 Å². The van der Waals surface area contributed by atoms with Crippen LogP contribution in [-0.2, 0) is 4.74 Å². The molecule has 1 atom stereocenters. The Morgan fingerprint density at radius 3 is 3.05 bits per heavy atom. The monoisotopic (exact) mass is 339 g/mol. The summed E-state index contributed by atoms with van der Waals surface area (Å²) in [5.41, 5.74) is 0.666. The highest BCUT2D eigenvalue weighted by Crippen LogP contribution is 2.27. The van der Waals surface area contributed by atoms with Crippen molar-refractivity contribution >= 4 is 40.7 Å². The van der Waals surface area contributed by atoms with Gasteiger partial charge >= 0.3 is 0 Å². The number of anilines is 3. The molecule has 116 valence electrons. The number of nitrogens with zero attached hydrogens (tertiary/aromatic N) is 3. The van der Waals surface area contributed by atoms with E-state index in [-0.39, 0.29) is 6.10 Å². The van der Waals surface area contributed by atoms with Crippen LogP contribution >= 0.6 is 23.2 Å². The third-order valence-corrected chi connectivity index (χ3v) is 3.83. The zero-order chi connectivity index (χ0) is 15.4. The van der Waals surface area contributed by atoms with Crippen molar-refractivity contribution in [3.63, 3.8) is 0 Å². The quantitative estimate of drug-likeness (QED) is 0.868. The van der Waals surface area contributed by atoms with Crippen LogP contribution in [0.15, 0.2) is 24.4 Å². The standard InChI is InChI=1S/C14H15Cl2N5O/c15-9-3-4-11(16)12(6-9)19-13-8-18-21-14(20-13)17-7-10-2-1-5-22-10/h3-4,6,8,10H,1-2,5,7H2,(H2,17,19,20,21). The minimum Gasteiger partial charge on any atom is -0.376 e. The van der Waals surface area contributed by atoms with E-state index in [0.717, 1.165) is 19.4 Å². The van der Waals surface area contributed by atoms with Gasteiger partial charge in [0.05, 0.1) is 23.0 Å². The van der Waals surface area contributed by atoms with Crippen LogP contribution < -0.4 is 10.6 Å². The molecule has 1 aromatic carbocycles. The van der Waals surface area contributed by atoms with E-state index in [4.69, 9.17) is 27.9 Å². The third-order valence-electron chi connectivity index (χ3n) is 3.26. The molecule has 6 nitrogen and oxygen atoms in total. The molecule has 0 amide bonds. The second-order valence-electron chi connectivity index (χ2n) is 4.93. The lowest BCUT2D eigenvalue weighted by atomic mass is 10.2. The molecular formula is C14H15Cl2N5O. The van der Waals surface area contributed by atoms with Gasteiger partial charge in [-0.1, -0.05) is 23.2 Å². The van der Waals surface area contributed by atoms with Gasteiger partial charge in [0.15, 0.2) is 5.82 Å². The average Bonchev–Trinajstić information content (AvgIpc) is 3.03. The van der Waals surface area contributed by atoms with Crippen LogP contribution in [0.2, 0.25) is 10.0 Å². The van der Waals surface area contributed by atoms with E-state index in [0.29, 0.717) is 34.0 Å². The molecule has 22 heavy (non-hydrogen) atoms. The molecule has 1 fully saturated rings. The summed E-state index contributed by atoms with van der Waals surface area (Å²) in [6.07, 6.45) is 3.88. The number of aromatic nitrogens is 3. The Kier molecular flexibility index (Phi) is 4.92. The molecule has 1 saturated heterocycles. The molecule has 0 bridgehead atoms. The molecule has 0 spiro atoms. The van der Waals surface area contributed by atoms with Gasteiger partial charge in [0.1, 0.15) is 0 Å². The van der Waals surface area contributed by atoms with Gasteiger partial charge in [-0.15, -0.1) is 5.10 Å². The first-order chi connectivity index (χ1) is 10.7. The molecule has 1 aliphatic rings. The molecule has 0 saturated carbocycles. The molecule has 2 N–H and O–H groups in total. The Labute approximate surface area is 138 Å². The van der Waals surface area contributed by atoms with Crippen molar-refractivity contribution in [1.29, 1.82) is 0 Å². The smallest absolute Gasteiger partial charge is 0.244 e. The molecule has 1 aliphatic heterocycles. The maximum atomic E-state index is 6.12.